The number of hydrogen-bond donors (Lipinski definition) is 2. The van der Waals surface area contributed by atoms with Gasteiger partial charge in [0.15, 0.2) is 0 Å². The first-order valence-corrected chi connectivity index (χ1v) is 8.76. The van der Waals surface area contributed by atoms with Gasteiger partial charge in [-0.3, -0.25) is 14.3 Å². The lowest BCUT2D eigenvalue weighted by Gasteiger charge is -2.08. The van der Waals surface area contributed by atoms with Crippen LogP contribution in [-0.2, 0) is 7.05 Å². The number of carbonyl (C=O) groups excluding carboxylic acids is 2. The van der Waals surface area contributed by atoms with Gasteiger partial charge in [-0.2, -0.15) is 5.10 Å². The number of ether oxygens (including phenoxy) is 1. The number of carbonyl (C=O) groups is 2. The summed E-state index contributed by atoms with van der Waals surface area (Å²) in [6.07, 6.45) is 0. The lowest BCUT2D eigenvalue weighted by atomic mass is 10.1. The average molecular weight is 378 g/mol. The molecule has 0 radical (unpaired) electrons. The van der Waals surface area contributed by atoms with E-state index in [0.29, 0.717) is 28.2 Å². The topological polar surface area (TPSA) is 85.2 Å². The van der Waals surface area contributed by atoms with E-state index in [0.717, 1.165) is 11.4 Å². The summed E-state index contributed by atoms with van der Waals surface area (Å²) in [4.78, 5) is 24.9. The van der Waals surface area contributed by atoms with E-state index < -0.39 is 0 Å². The SMILES string of the molecule is COc1ccc(NC(=O)c2ccc(NC(=O)c3c(C)nn(C)c3C)cc2)cc1. The highest BCUT2D eigenvalue weighted by atomic mass is 16.5. The van der Waals surface area contributed by atoms with E-state index in [9.17, 15) is 9.59 Å². The van der Waals surface area contributed by atoms with Crippen molar-refractivity contribution in [3.05, 3.63) is 71.0 Å². The summed E-state index contributed by atoms with van der Waals surface area (Å²) in [6.45, 7) is 3.65. The minimum Gasteiger partial charge on any atom is -0.497 e. The van der Waals surface area contributed by atoms with Gasteiger partial charge in [0.2, 0.25) is 0 Å². The van der Waals surface area contributed by atoms with E-state index in [1.54, 1.807) is 74.3 Å². The molecule has 7 nitrogen and oxygen atoms in total. The number of hydrogen-bond acceptors (Lipinski definition) is 4. The van der Waals surface area contributed by atoms with E-state index in [4.69, 9.17) is 4.74 Å². The summed E-state index contributed by atoms with van der Waals surface area (Å²) in [5, 5.41) is 9.92. The second-order valence-electron chi connectivity index (χ2n) is 6.38. The van der Waals surface area contributed by atoms with Crippen molar-refractivity contribution in [2.75, 3.05) is 17.7 Å². The molecular formula is C21H22N4O3. The Bertz CT molecular complexity index is 1010. The third kappa shape index (κ3) is 4.03. The number of methoxy groups -OCH3 is 1. The van der Waals surface area contributed by atoms with Crippen LogP contribution in [0.3, 0.4) is 0 Å². The molecule has 1 heterocycles. The van der Waals surface area contributed by atoms with Gasteiger partial charge in [-0.1, -0.05) is 0 Å². The molecule has 2 aromatic carbocycles. The number of aromatic nitrogens is 2. The average Bonchev–Trinajstić information content (AvgIpc) is 2.94. The molecule has 0 bridgehead atoms. The van der Waals surface area contributed by atoms with Gasteiger partial charge >= 0.3 is 0 Å². The first-order valence-electron chi connectivity index (χ1n) is 8.76. The quantitative estimate of drug-likeness (QED) is 0.711. The van der Waals surface area contributed by atoms with E-state index in [2.05, 4.69) is 15.7 Å². The normalized spacial score (nSPS) is 10.4. The van der Waals surface area contributed by atoms with Gasteiger partial charge in [0.25, 0.3) is 11.8 Å². The number of aryl methyl sites for hydroxylation is 2. The van der Waals surface area contributed by atoms with E-state index in [1.165, 1.54) is 0 Å². The molecule has 0 atom stereocenters. The van der Waals surface area contributed by atoms with Crippen LogP contribution in [0.25, 0.3) is 0 Å². The second-order valence-corrected chi connectivity index (χ2v) is 6.38. The maximum Gasteiger partial charge on any atom is 0.259 e. The zero-order valence-electron chi connectivity index (χ0n) is 16.2. The fraction of sp³-hybridized carbons (Fsp3) is 0.190. The molecule has 0 aliphatic heterocycles. The monoisotopic (exact) mass is 378 g/mol. The molecule has 0 fully saturated rings. The van der Waals surface area contributed by atoms with Gasteiger partial charge in [-0.25, -0.2) is 0 Å². The number of nitrogens with one attached hydrogen (secondary N) is 2. The smallest absolute Gasteiger partial charge is 0.259 e. The van der Waals surface area contributed by atoms with Crippen molar-refractivity contribution in [2.24, 2.45) is 7.05 Å². The predicted molar refractivity (Wildman–Crippen MR) is 108 cm³/mol. The summed E-state index contributed by atoms with van der Waals surface area (Å²) >= 11 is 0. The third-order valence-electron chi connectivity index (χ3n) is 4.49. The van der Waals surface area contributed by atoms with Crippen molar-refractivity contribution in [1.29, 1.82) is 0 Å². The first-order chi connectivity index (χ1) is 13.4. The molecule has 0 spiro atoms. The van der Waals surface area contributed by atoms with Crippen LogP contribution in [0.5, 0.6) is 5.75 Å². The highest BCUT2D eigenvalue weighted by molar-refractivity contribution is 6.07. The van der Waals surface area contributed by atoms with Crippen molar-refractivity contribution >= 4 is 23.2 Å². The maximum atomic E-state index is 12.5. The third-order valence-corrected chi connectivity index (χ3v) is 4.49. The summed E-state index contributed by atoms with van der Waals surface area (Å²) in [5.74, 6) is 0.262. The summed E-state index contributed by atoms with van der Waals surface area (Å²) in [6, 6.07) is 13.8. The van der Waals surface area contributed by atoms with Crippen molar-refractivity contribution in [3.8, 4) is 5.75 Å². The van der Waals surface area contributed by atoms with Crippen LogP contribution in [0.2, 0.25) is 0 Å². The number of rotatable bonds is 5. The Morgan fingerprint density at radius 2 is 1.43 bits per heavy atom. The van der Waals surface area contributed by atoms with Crippen molar-refractivity contribution in [3.63, 3.8) is 0 Å². The van der Waals surface area contributed by atoms with Crippen molar-refractivity contribution < 1.29 is 14.3 Å². The Morgan fingerprint density at radius 3 is 1.93 bits per heavy atom. The molecule has 0 aliphatic carbocycles. The van der Waals surface area contributed by atoms with Crippen molar-refractivity contribution in [2.45, 2.75) is 13.8 Å². The Kier molecular flexibility index (Phi) is 5.44. The highest BCUT2D eigenvalue weighted by Gasteiger charge is 2.17. The molecule has 7 heteroatoms. The molecule has 3 aromatic rings. The standard InChI is InChI=1S/C21H22N4O3/c1-13-19(14(2)25(3)24-13)21(27)23-16-7-5-15(6-8-16)20(26)22-17-9-11-18(28-4)12-10-17/h5-12H,1-4H3,(H,22,26)(H,23,27). The van der Waals surface area contributed by atoms with Gasteiger partial charge < -0.3 is 15.4 Å². The van der Waals surface area contributed by atoms with Gasteiger partial charge in [0.1, 0.15) is 5.75 Å². The molecule has 2 amide bonds. The molecule has 2 N–H and O–H groups in total. The Morgan fingerprint density at radius 1 is 0.893 bits per heavy atom. The molecule has 0 saturated heterocycles. The van der Waals surface area contributed by atoms with Gasteiger partial charge in [0.05, 0.1) is 18.4 Å². The van der Waals surface area contributed by atoms with Crippen LogP contribution < -0.4 is 15.4 Å². The Labute approximate surface area is 163 Å². The van der Waals surface area contributed by atoms with Gasteiger partial charge in [-0.15, -0.1) is 0 Å². The van der Waals surface area contributed by atoms with Crippen LogP contribution in [-0.4, -0.2) is 28.7 Å². The summed E-state index contributed by atoms with van der Waals surface area (Å²) in [5.41, 5.74) is 3.80. The van der Waals surface area contributed by atoms with E-state index in [-0.39, 0.29) is 11.8 Å². The van der Waals surface area contributed by atoms with Crippen LogP contribution in [0.15, 0.2) is 48.5 Å². The fourth-order valence-electron chi connectivity index (χ4n) is 2.88. The second kappa shape index (κ2) is 7.96. The molecule has 0 saturated carbocycles. The maximum absolute atomic E-state index is 12.5. The van der Waals surface area contributed by atoms with Gasteiger partial charge in [-0.05, 0) is 62.4 Å². The fourth-order valence-corrected chi connectivity index (χ4v) is 2.88. The number of nitrogens with zero attached hydrogens (tertiary/aromatic N) is 2. The molecule has 1 aromatic heterocycles. The van der Waals surface area contributed by atoms with Crippen molar-refractivity contribution in [1.82, 2.24) is 9.78 Å². The lowest BCUT2D eigenvalue weighted by Crippen LogP contribution is -2.15. The van der Waals surface area contributed by atoms with Crippen LogP contribution in [0.1, 0.15) is 32.1 Å². The Hall–Kier alpha value is -3.61. The zero-order chi connectivity index (χ0) is 20.3. The molecule has 144 valence electrons. The van der Waals surface area contributed by atoms with E-state index in [1.807, 2.05) is 6.92 Å². The molecule has 0 aliphatic rings. The first kappa shape index (κ1) is 19.2. The minimum atomic E-state index is -0.234. The van der Waals surface area contributed by atoms with Crippen LogP contribution in [0.4, 0.5) is 11.4 Å². The lowest BCUT2D eigenvalue weighted by molar-refractivity contribution is 0.101. The molecular weight excluding hydrogens is 356 g/mol. The predicted octanol–water partition coefficient (Wildman–Crippen LogP) is 3.55. The number of amides is 2. The van der Waals surface area contributed by atoms with Crippen LogP contribution >= 0.6 is 0 Å². The number of benzene rings is 2. The minimum absolute atomic E-state index is 0.224. The van der Waals surface area contributed by atoms with Crippen LogP contribution in [0, 0.1) is 13.8 Å². The Balaban J connectivity index is 1.67. The summed E-state index contributed by atoms with van der Waals surface area (Å²) < 4.78 is 6.78. The molecule has 3 rings (SSSR count). The largest absolute Gasteiger partial charge is 0.497 e. The molecule has 28 heavy (non-hydrogen) atoms. The summed E-state index contributed by atoms with van der Waals surface area (Å²) in [7, 11) is 3.39. The number of anilines is 2. The highest BCUT2D eigenvalue weighted by Crippen LogP contribution is 2.18. The zero-order valence-corrected chi connectivity index (χ0v) is 16.2. The molecule has 0 unspecified atom stereocenters. The van der Waals surface area contributed by atoms with E-state index >= 15 is 0 Å². The van der Waals surface area contributed by atoms with Gasteiger partial charge in [0, 0.05) is 29.7 Å².